The maximum absolute atomic E-state index is 13.8. The predicted octanol–water partition coefficient (Wildman–Crippen LogP) is 3.38. The van der Waals surface area contributed by atoms with Crippen LogP contribution in [0.1, 0.15) is 31.9 Å². The van der Waals surface area contributed by atoms with Crippen molar-refractivity contribution in [1.29, 1.82) is 5.26 Å². The van der Waals surface area contributed by atoms with Crippen molar-refractivity contribution < 1.29 is 18.4 Å². The van der Waals surface area contributed by atoms with Gasteiger partial charge in [-0.25, -0.2) is 23.8 Å². The van der Waals surface area contributed by atoms with Crippen LogP contribution < -0.4 is 4.90 Å². The van der Waals surface area contributed by atoms with Crippen LogP contribution >= 0.6 is 0 Å². The van der Waals surface area contributed by atoms with E-state index in [4.69, 9.17) is 10.1 Å². The number of carbonyl (C=O) groups is 1. The largest absolute Gasteiger partial charge is 0.356 e. The fourth-order valence-corrected chi connectivity index (χ4v) is 3.64. The number of hydroxylamine groups is 2. The van der Waals surface area contributed by atoms with Crippen molar-refractivity contribution in [3.8, 4) is 6.07 Å². The molecule has 2 aliphatic rings. The third-order valence-electron chi connectivity index (χ3n) is 5.15. The molecule has 0 spiro atoms. The first-order valence-corrected chi connectivity index (χ1v) is 9.72. The molecule has 30 heavy (non-hydrogen) atoms. The summed E-state index contributed by atoms with van der Waals surface area (Å²) in [5, 5.41) is 10.3. The first kappa shape index (κ1) is 21.6. The second-order valence-electron chi connectivity index (χ2n) is 7.27. The Kier molecular flexibility index (Phi) is 6.90. The van der Waals surface area contributed by atoms with Gasteiger partial charge in [-0.1, -0.05) is 6.58 Å². The van der Waals surface area contributed by atoms with E-state index in [9.17, 15) is 13.6 Å². The summed E-state index contributed by atoms with van der Waals surface area (Å²) in [4.78, 5) is 28.6. The molecule has 3 heterocycles. The van der Waals surface area contributed by atoms with Crippen molar-refractivity contribution in [3.05, 3.63) is 54.0 Å². The van der Waals surface area contributed by atoms with Gasteiger partial charge >= 0.3 is 0 Å². The summed E-state index contributed by atoms with van der Waals surface area (Å²) in [5.41, 5.74) is 0.654. The number of amides is 1. The van der Waals surface area contributed by atoms with Gasteiger partial charge in [0.25, 0.3) is 0 Å². The van der Waals surface area contributed by atoms with E-state index >= 15 is 0 Å². The van der Waals surface area contributed by atoms with Crippen molar-refractivity contribution in [2.24, 2.45) is 5.92 Å². The maximum atomic E-state index is 13.8. The molecule has 1 atom stereocenters. The Morgan fingerprint density at radius 1 is 1.30 bits per heavy atom. The molecule has 2 fully saturated rings. The van der Waals surface area contributed by atoms with Crippen LogP contribution in [0.3, 0.4) is 0 Å². The van der Waals surface area contributed by atoms with Crippen molar-refractivity contribution >= 4 is 11.7 Å². The van der Waals surface area contributed by atoms with Gasteiger partial charge in [0.2, 0.25) is 5.91 Å². The van der Waals surface area contributed by atoms with E-state index in [1.165, 1.54) is 11.4 Å². The van der Waals surface area contributed by atoms with Gasteiger partial charge in [-0.3, -0.25) is 9.63 Å². The number of nitriles is 1. The molecule has 1 aromatic rings. The number of rotatable bonds is 5. The molecule has 158 valence electrons. The van der Waals surface area contributed by atoms with E-state index in [1.807, 2.05) is 11.0 Å². The number of aromatic nitrogens is 2. The Hall–Kier alpha value is -3.12. The fourth-order valence-electron chi connectivity index (χ4n) is 3.64. The number of hydrogen-bond donors (Lipinski definition) is 0. The summed E-state index contributed by atoms with van der Waals surface area (Å²) in [6.45, 7) is 6.53. The lowest BCUT2D eigenvalue weighted by molar-refractivity contribution is -0.179. The molecule has 2 aliphatic heterocycles. The van der Waals surface area contributed by atoms with Crippen LogP contribution in [0, 0.1) is 17.2 Å². The molecule has 1 amide bonds. The van der Waals surface area contributed by atoms with Gasteiger partial charge in [0.1, 0.15) is 29.7 Å². The zero-order valence-corrected chi connectivity index (χ0v) is 16.7. The highest BCUT2D eigenvalue weighted by Crippen LogP contribution is 2.29. The number of piperidine rings is 1. The Bertz CT molecular complexity index is 912. The van der Waals surface area contributed by atoms with Crippen LogP contribution in [0.5, 0.6) is 0 Å². The number of allylic oxidation sites excluding steroid dienone is 3. The van der Waals surface area contributed by atoms with Gasteiger partial charge in [0, 0.05) is 37.6 Å². The normalized spacial score (nSPS) is 20.9. The monoisotopic (exact) mass is 415 g/mol. The summed E-state index contributed by atoms with van der Waals surface area (Å²) < 4.78 is 26.7. The third kappa shape index (κ3) is 5.07. The van der Waals surface area contributed by atoms with Gasteiger partial charge in [0.15, 0.2) is 0 Å². The summed E-state index contributed by atoms with van der Waals surface area (Å²) in [7, 11) is 0. The molecule has 9 heteroatoms. The topological polar surface area (TPSA) is 82.4 Å². The lowest BCUT2D eigenvalue weighted by Gasteiger charge is -2.34. The molecule has 2 saturated heterocycles. The average Bonchev–Trinajstić information content (AvgIpc) is 3.23. The smallest absolute Gasteiger partial charge is 0.249 e. The molecule has 0 bridgehead atoms. The zero-order chi connectivity index (χ0) is 21.7. The fraction of sp³-hybridized carbons (Fsp3) is 0.429. The van der Waals surface area contributed by atoms with Crippen molar-refractivity contribution in [2.45, 2.75) is 32.2 Å². The molecule has 0 radical (unpaired) electrons. The second kappa shape index (κ2) is 9.59. The molecule has 3 rings (SSSR count). The minimum absolute atomic E-state index is 0.162. The van der Waals surface area contributed by atoms with E-state index in [-0.39, 0.29) is 11.8 Å². The Balaban J connectivity index is 1.62. The van der Waals surface area contributed by atoms with E-state index in [2.05, 4.69) is 16.5 Å². The van der Waals surface area contributed by atoms with Gasteiger partial charge in [-0.15, -0.1) is 0 Å². The first-order chi connectivity index (χ1) is 14.4. The van der Waals surface area contributed by atoms with Crippen LogP contribution in [0.2, 0.25) is 0 Å². The van der Waals surface area contributed by atoms with Gasteiger partial charge in [0.05, 0.1) is 18.5 Å². The predicted molar refractivity (Wildman–Crippen MR) is 106 cm³/mol. The summed E-state index contributed by atoms with van der Waals surface area (Å²) in [6.07, 6.45) is 4.95. The lowest BCUT2D eigenvalue weighted by Crippen LogP contribution is -2.44. The minimum atomic E-state index is -0.755. The maximum Gasteiger partial charge on any atom is 0.249 e. The number of carbonyl (C=O) groups excluding carboxylic acids is 1. The highest BCUT2D eigenvalue weighted by Gasteiger charge is 2.37. The van der Waals surface area contributed by atoms with Crippen LogP contribution in [0.15, 0.2) is 48.4 Å². The second-order valence-corrected chi connectivity index (χ2v) is 7.27. The van der Waals surface area contributed by atoms with Crippen LogP contribution in [0.4, 0.5) is 14.6 Å². The zero-order valence-electron chi connectivity index (χ0n) is 16.7. The number of hydrogen-bond acceptors (Lipinski definition) is 6. The first-order valence-electron chi connectivity index (χ1n) is 9.72. The Morgan fingerprint density at radius 3 is 2.70 bits per heavy atom. The average molecular weight is 415 g/mol. The van der Waals surface area contributed by atoms with E-state index in [0.29, 0.717) is 56.0 Å². The molecule has 7 nitrogen and oxygen atoms in total. The number of nitrogens with zero attached hydrogens (tertiary/aromatic N) is 5. The Morgan fingerprint density at radius 2 is 2.03 bits per heavy atom. The van der Waals surface area contributed by atoms with E-state index in [0.717, 1.165) is 19.1 Å². The molecule has 0 aromatic carbocycles. The molecule has 0 aliphatic carbocycles. The summed E-state index contributed by atoms with van der Waals surface area (Å²) in [5.74, 6) is -1.15. The van der Waals surface area contributed by atoms with E-state index in [1.54, 1.807) is 6.07 Å². The van der Waals surface area contributed by atoms with Crippen molar-refractivity contribution in [1.82, 2.24) is 15.0 Å². The third-order valence-corrected chi connectivity index (χ3v) is 5.15. The number of halogens is 2. The van der Waals surface area contributed by atoms with Gasteiger partial charge < -0.3 is 4.90 Å². The standard InChI is InChI=1S/C21H23F2N5O2/c1-14(9-17(23)10-15(2)22)19-5-8-30-28(19)21(29)16-3-6-27(7-4-16)20-11-18(12-24)25-13-26-20/h9-11,13,16,19H,1,3-8H2,2H3/b15-10+,17-9+/t19-/m0/s1. The lowest BCUT2D eigenvalue weighted by atomic mass is 9.94. The molecular weight excluding hydrogens is 392 g/mol. The van der Waals surface area contributed by atoms with Crippen LogP contribution in [-0.2, 0) is 9.63 Å². The molecule has 0 unspecified atom stereocenters. The molecule has 0 saturated carbocycles. The SMILES string of the molecule is C=C(/C=C(F)\C=C(/C)F)[C@@H]1CCON1C(=O)C1CCN(c2cc(C#N)ncn2)CC1. The number of anilines is 1. The molecule has 0 N–H and O–H groups in total. The van der Waals surface area contributed by atoms with Gasteiger partial charge in [-0.2, -0.15) is 5.26 Å². The molecule has 1 aromatic heterocycles. The quantitative estimate of drug-likeness (QED) is 0.686. The van der Waals surface area contributed by atoms with E-state index < -0.39 is 17.7 Å². The van der Waals surface area contributed by atoms with Gasteiger partial charge in [-0.05, 0) is 31.4 Å². The minimum Gasteiger partial charge on any atom is -0.356 e. The van der Waals surface area contributed by atoms with Crippen LogP contribution in [-0.4, -0.2) is 46.7 Å². The highest BCUT2D eigenvalue weighted by molar-refractivity contribution is 5.79. The summed E-state index contributed by atoms with van der Waals surface area (Å²) in [6, 6.07) is 3.14. The van der Waals surface area contributed by atoms with Crippen LogP contribution in [0.25, 0.3) is 0 Å². The Labute approximate surface area is 173 Å². The molecular formula is C21H23F2N5O2. The van der Waals surface area contributed by atoms with Crippen molar-refractivity contribution in [2.75, 3.05) is 24.6 Å². The highest BCUT2D eigenvalue weighted by atomic mass is 19.1. The van der Waals surface area contributed by atoms with Crippen molar-refractivity contribution in [3.63, 3.8) is 0 Å². The summed E-state index contributed by atoms with van der Waals surface area (Å²) >= 11 is 0.